The molecule has 24 heavy (non-hydrogen) atoms. The van der Waals surface area contributed by atoms with Gasteiger partial charge in [0.25, 0.3) is 5.91 Å². The lowest BCUT2D eigenvalue weighted by Crippen LogP contribution is -2.14. The van der Waals surface area contributed by atoms with Gasteiger partial charge >= 0.3 is 0 Å². The normalized spacial score (nSPS) is 11.6. The number of ether oxygens (including phenoxy) is 1. The summed E-state index contributed by atoms with van der Waals surface area (Å²) >= 11 is 0. The maximum Gasteiger partial charge on any atom is 0.255 e. The minimum absolute atomic E-state index is 0.0468. The Hall–Kier alpha value is -2.66. The van der Waals surface area contributed by atoms with Crippen molar-refractivity contribution in [3.8, 4) is 0 Å². The summed E-state index contributed by atoms with van der Waals surface area (Å²) in [6.07, 6.45) is 0.343. The van der Waals surface area contributed by atoms with Crippen LogP contribution in [-0.2, 0) is 9.53 Å². The van der Waals surface area contributed by atoms with E-state index in [-0.39, 0.29) is 17.9 Å². The first-order valence-electron chi connectivity index (χ1n) is 7.87. The molecule has 5 nitrogen and oxygen atoms in total. The Morgan fingerprint density at radius 1 is 1.04 bits per heavy atom. The quantitative estimate of drug-likeness (QED) is 0.843. The number of hydrogen-bond donors (Lipinski definition) is 2. The molecule has 5 heteroatoms. The fraction of sp³-hybridized carbons (Fsp3) is 0.263. The third-order valence-electron chi connectivity index (χ3n) is 3.70. The van der Waals surface area contributed by atoms with Gasteiger partial charge in [-0.2, -0.15) is 0 Å². The minimum atomic E-state index is -0.232. The third-order valence-corrected chi connectivity index (χ3v) is 3.70. The molecule has 0 saturated heterocycles. The summed E-state index contributed by atoms with van der Waals surface area (Å²) in [4.78, 5) is 23.9. The maximum absolute atomic E-state index is 12.4. The van der Waals surface area contributed by atoms with Gasteiger partial charge in [-0.05, 0) is 42.8 Å². The zero-order valence-electron chi connectivity index (χ0n) is 14.1. The highest BCUT2D eigenvalue weighted by Gasteiger charge is 2.10. The zero-order valence-corrected chi connectivity index (χ0v) is 14.1. The van der Waals surface area contributed by atoms with Crippen molar-refractivity contribution in [2.24, 2.45) is 0 Å². The summed E-state index contributed by atoms with van der Waals surface area (Å²) in [5.74, 6) is -0.321. The molecule has 126 valence electrons. The first kappa shape index (κ1) is 17.7. The summed E-state index contributed by atoms with van der Waals surface area (Å²) in [7, 11) is 1.64. The highest BCUT2D eigenvalue weighted by molar-refractivity contribution is 6.05. The van der Waals surface area contributed by atoms with E-state index in [1.54, 1.807) is 38.3 Å². The number of rotatable bonds is 6. The van der Waals surface area contributed by atoms with Gasteiger partial charge in [-0.15, -0.1) is 0 Å². The molecule has 2 rings (SSSR count). The van der Waals surface area contributed by atoms with Crippen LogP contribution in [0.2, 0.25) is 0 Å². The van der Waals surface area contributed by atoms with Crippen molar-refractivity contribution in [3.63, 3.8) is 0 Å². The highest BCUT2D eigenvalue weighted by Crippen LogP contribution is 2.20. The molecule has 1 atom stereocenters. The molecular weight excluding hydrogens is 304 g/mol. The predicted molar refractivity (Wildman–Crippen MR) is 95.2 cm³/mol. The summed E-state index contributed by atoms with van der Waals surface area (Å²) in [5, 5.41) is 5.61. The fourth-order valence-corrected chi connectivity index (χ4v) is 2.20. The maximum atomic E-state index is 12.4. The van der Waals surface area contributed by atoms with Crippen molar-refractivity contribution in [3.05, 3.63) is 59.7 Å². The number of anilines is 2. The number of hydrogen-bond acceptors (Lipinski definition) is 3. The smallest absolute Gasteiger partial charge is 0.255 e. The summed E-state index contributed by atoms with van der Waals surface area (Å²) in [6, 6.07) is 14.4. The first-order valence-corrected chi connectivity index (χ1v) is 7.87. The molecule has 0 aliphatic carbocycles. The Balaban J connectivity index is 2.12. The van der Waals surface area contributed by atoms with Gasteiger partial charge in [-0.3, -0.25) is 9.59 Å². The van der Waals surface area contributed by atoms with Gasteiger partial charge < -0.3 is 15.4 Å². The van der Waals surface area contributed by atoms with Gasteiger partial charge in [0.15, 0.2) is 0 Å². The molecule has 2 aromatic rings. The standard InChI is InChI=1S/C19H22N2O3/c1-4-18(22)20-16-9-6-8-15(12-16)19(23)21-17-10-5-7-14(11-17)13(2)24-3/h5-13H,4H2,1-3H3,(H,20,22)(H,21,23)/t13-/m1/s1. The minimum Gasteiger partial charge on any atom is -0.377 e. The van der Waals surface area contributed by atoms with Gasteiger partial charge in [0, 0.05) is 30.5 Å². The molecule has 0 aliphatic rings. The molecule has 0 bridgehead atoms. The number of methoxy groups -OCH3 is 1. The van der Waals surface area contributed by atoms with E-state index in [0.29, 0.717) is 23.4 Å². The second-order valence-corrected chi connectivity index (χ2v) is 5.44. The lowest BCUT2D eigenvalue weighted by atomic mass is 10.1. The van der Waals surface area contributed by atoms with Crippen molar-refractivity contribution in [1.82, 2.24) is 0 Å². The van der Waals surface area contributed by atoms with Gasteiger partial charge in [0.05, 0.1) is 6.10 Å². The summed E-state index contributed by atoms with van der Waals surface area (Å²) < 4.78 is 5.29. The number of amides is 2. The van der Waals surface area contributed by atoms with Crippen molar-refractivity contribution in [1.29, 1.82) is 0 Å². The van der Waals surface area contributed by atoms with E-state index in [4.69, 9.17) is 4.74 Å². The van der Waals surface area contributed by atoms with Crippen molar-refractivity contribution in [2.45, 2.75) is 26.4 Å². The Labute approximate surface area is 142 Å². The molecule has 0 radical (unpaired) electrons. The number of carbonyl (C=O) groups is 2. The Kier molecular flexibility index (Phi) is 6.09. The molecule has 2 amide bonds. The van der Waals surface area contributed by atoms with E-state index in [0.717, 1.165) is 5.56 Å². The molecule has 0 spiro atoms. The topological polar surface area (TPSA) is 67.4 Å². The van der Waals surface area contributed by atoms with Gasteiger partial charge in [0.2, 0.25) is 5.91 Å². The third kappa shape index (κ3) is 4.67. The van der Waals surface area contributed by atoms with Crippen LogP contribution in [0, 0.1) is 0 Å². The van der Waals surface area contributed by atoms with E-state index in [9.17, 15) is 9.59 Å². The SMILES string of the molecule is CCC(=O)Nc1cccc(C(=O)Nc2cccc([C@@H](C)OC)c2)c1. The lowest BCUT2D eigenvalue weighted by Gasteiger charge is -2.12. The monoisotopic (exact) mass is 326 g/mol. The average Bonchev–Trinajstić information content (AvgIpc) is 2.61. The van der Waals surface area contributed by atoms with E-state index in [1.165, 1.54) is 0 Å². The second kappa shape index (κ2) is 8.26. The van der Waals surface area contributed by atoms with Crippen LogP contribution in [0.5, 0.6) is 0 Å². The highest BCUT2D eigenvalue weighted by atomic mass is 16.5. The largest absolute Gasteiger partial charge is 0.377 e. The number of carbonyl (C=O) groups excluding carboxylic acids is 2. The van der Waals surface area contributed by atoms with Crippen LogP contribution in [-0.4, -0.2) is 18.9 Å². The molecule has 0 heterocycles. The number of benzene rings is 2. The van der Waals surface area contributed by atoms with Crippen LogP contribution in [0.15, 0.2) is 48.5 Å². The molecule has 0 unspecified atom stereocenters. The lowest BCUT2D eigenvalue weighted by molar-refractivity contribution is -0.115. The van der Waals surface area contributed by atoms with Crippen LogP contribution in [0.1, 0.15) is 42.3 Å². The van der Waals surface area contributed by atoms with Crippen LogP contribution in [0.25, 0.3) is 0 Å². The second-order valence-electron chi connectivity index (χ2n) is 5.44. The van der Waals surface area contributed by atoms with E-state index < -0.39 is 0 Å². The summed E-state index contributed by atoms with van der Waals surface area (Å²) in [6.45, 7) is 3.72. The molecule has 0 aromatic heterocycles. The Morgan fingerprint density at radius 2 is 1.71 bits per heavy atom. The van der Waals surface area contributed by atoms with Crippen molar-refractivity contribution in [2.75, 3.05) is 17.7 Å². The Bertz CT molecular complexity index is 728. The molecule has 0 aliphatic heterocycles. The van der Waals surface area contributed by atoms with Crippen LogP contribution in [0.4, 0.5) is 11.4 Å². The Morgan fingerprint density at radius 3 is 2.38 bits per heavy atom. The fourth-order valence-electron chi connectivity index (χ4n) is 2.20. The molecule has 2 aromatic carbocycles. The van der Waals surface area contributed by atoms with Crippen LogP contribution < -0.4 is 10.6 Å². The molecule has 0 fully saturated rings. The number of nitrogens with one attached hydrogen (secondary N) is 2. The van der Waals surface area contributed by atoms with Crippen LogP contribution in [0.3, 0.4) is 0 Å². The molecular formula is C19H22N2O3. The van der Waals surface area contributed by atoms with Crippen molar-refractivity contribution >= 4 is 23.2 Å². The predicted octanol–water partition coefficient (Wildman–Crippen LogP) is 3.99. The van der Waals surface area contributed by atoms with Gasteiger partial charge in [0.1, 0.15) is 0 Å². The molecule has 0 saturated carbocycles. The van der Waals surface area contributed by atoms with Crippen molar-refractivity contribution < 1.29 is 14.3 Å². The summed E-state index contributed by atoms with van der Waals surface area (Å²) in [5.41, 5.74) is 2.77. The molecule has 2 N–H and O–H groups in total. The van der Waals surface area contributed by atoms with E-state index in [1.807, 2.05) is 31.2 Å². The van der Waals surface area contributed by atoms with Gasteiger partial charge in [-0.1, -0.05) is 25.1 Å². The zero-order chi connectivity index (χ0) is 17.5. The van der Waals surface area contributed by atoms with E-state index >= 15 is 0 Å². The van der Waals surface area contributed by atoms with Crippen LogP contribution >= 0.6 is 0 Å². The van der Waals surface area contributed by atoms with Gasteiger partial charge in [-0.25, -0.2) is 0 Å². The first-order chi connectivity index (χ1) is 11.5. The average molecular weight is 326 g/mol. The van der Waals surface area contributed by atoms with E-state index in [2.05, 4.69) is 10.6 Å².